The molecule has 0 heterocycles. The van der Waals surface area contributed by atoms with Crippen LogP contribution in [0.5, 0.6) is 0 Å². The van der Waals surface area contributed by atoms with Crippen LogP contribution in [0, 0.1) is 0 Å². The topological polar surface area (TPSA) is 115 Å². The standard InChI is InChI=1S/C9H13N3O3S/c10-5-7-1-3-8(4-2-7)16(14,15)12-9(13)6-11/h1-4H,5-6,10-11H2,(H,12,13). The molecule has 6 nitrogen and oxygen atoms in total. The molecule has 0 unspecified atom stereocenters. The minimum absolute atomic E-state index is 0.00602. The second-order valence-corrected chi connectivity index (χ2v) is 4.76. The maximum atomic E-state index is 11.6. The predicted octanol–water partition coefficient (Wildman–Crippen LogP) is -1.09. The van der Waals surface area contributed by atoms with Gasteiger partial charge in [0, 0.05) is 6.54 Å². The highest BCUT2D eigenvalue weighted by molar-refractivity contribution is 7.90. The van der Waals surface area contributed by atoms with Gasteiger partial charge in [-0.1, -0.05) is 12.1 Å². The van der Waals surface area contributed by atoms with Gasteiger partial charge in [0.05, 0.1) is 11.4 Å². The Kier molecular flexibility index (Phi) is 3.99. The smallest absolute Gasteiger partial charge is 0.264 e. The van der Waals surface area contributed by atoms with E-state index in [0.29, 0.717) is 6.54 Å². The summed E-state index contributed by atoms with van der Waals surface area (Å²) in [6.07, 6.45) is 0. The summed E-state index contributed by atoms with van der Waals surface area (Å²) in [5.74, 6) is -0.747. The van der Waals surface area contributed by atoms with E-state index in [4.69, 9.17) is 11.5 Å². The van der Waals surface area contributed by atoms with E-state index in [9.17, 15) is 13.2 Å². The van der Waals surface area contributed by atoms with Gasteiger partial charge in [-0.2, -0.15) is 0 Å². The first kappa shape index (κ1) is 12.6. The van der Waals surface area contributed by atoms with Gasteiger partial charge >= 0.3 is 0 Å². The molecule has 0 radical (unpaired) electrons. The Morgan fingerprint density at radius 1 is 1.19 bits per heavy atom. The van der Waals surface area contributed by atoms with Crippen molar-refractivity contribution in [3.8, 4) is 0 Å². The highest BCUT2D eigenvalue weighted by Gasteiger charge is 2.16. The summed E-state index contributed by atoms with van der Waals surface area (Å²) < 4.78 is 25.0. The molecule has 1 rings (SSSR count). The fourth-order valence-electron chi connectivity index (χ4n) is 1.06. The van der Waals surface area contributed by atoms with Crippen LogP contribution in [-0.2, 0) is 21.4 Å². The lowest BCUT2D eigenvalue weighted by Crippen LogP contribution is -2.35. The number of sulfonamides is 1. The summed E-state index contributed by atoms with van der Waals surface area (Å²) in [6, 6.07) is 5.94. The van der Waals surface area contributed by atoms with Crippen LogP contribution in [0.2, 0.25) is 0 Å². The SMILES string of the molecule is NCC(=O)NS(=O)(=O)c1ccc(CN)cc1. The average Bonchev–Trinajstić information content (AvgIpc) is 2.28. The highest BCUT2D eigenvalue weighted by Crippen LogP contribution is 2.09. The van der Waals surface area contributed by atoms with Gasteiger partial charge in [-0.25, -0.2) is 13.1 Å². The molecule has 0 aliphatic carbocycles. The lowest BCUT2D eigenvalue weighted by molar-refractivity contribution is -0.118. The first-order chi connectivity index (χ1) is 7.49. The van der Waals surface area contributed by atoms with Gasteiger partial charge in [-0.3, -0.25) is 4.79 Å². The lowest BCUT2D eigenvalue weighted by atomic mass is 10.2. The zero-order valence-electron chi connectivity index (χ0n) is 8.51. The molecule has 7 heteroatoms. The Morgan fingerprint density at radius 3 is 2.19 bits per heavy atom. The Balaban J connectivity index is 2.94. The largest absolute Gasteiger partial charge is 0.326 e. The maximum absolute atomic E-state index is 11.6. The molecule has 0 aliphatic heterocycles. The van der Waals surface area contributed by atoms with Crippen LogP contribution in [0.25, 0.3) is 0 Å². The fraction of sp³-hybridized carbons (Fsp3) is 0.222. The third kappa shape index (κ3) is 3.02. The zero-order valence-corrected chi connectivity index (χ0v) is 9.33. The van der Waals surface area contributed by atoms with Crippen molar-refractivity contribution in [2.24, 2.45) is 11.5 Å². The molecule has 1 aromatic carbocycles. The second-order valence-electron chi connectivity index (χ2n) is 3.08. The minimum Gasteiger partial charge on any atom is -0.326 e. The molecule has 0 atom stereocenters. The first-order valence-electron chi connectivity index (χ1n) is 4.54. The van der Waals surface area contributed by atoms with Gasteiger partial charge in [0.15, 0.2) is 0 Å². The molecule has 0 bridgehead atoms. The molecular weight excluding hydrogens is 230 g/mol. The van der Waals surface area contributed by atoms with Gasteiger partial charge in [0.25, 0.3) is 10.0 Å². The minimum atomic E-state index is -3.82. The van der Waals surface area contributed by atoms with Crippen molar-refractivity contribution in [1.82, 2.24) is 4.72 Å². The summed E-state index contributed by atoms with van der Waals surface area (Å²) in [5, 5.41) is 0. The average molecular weight is 243 g/mol. The van der Waals surface area contributed by atoms with E-state index in [2.05, 4.69) is 0 Å². The first-order valence-corrected chi connectivity index (χ1v) is 6.02. The highest BCUT2D eigenvalue weighted by atomic mass is 32.2. The van der Waals surface area contributed by atoms with Gasteiger partial charge < -0.3 is 11.5 Å². The normalized spacial score (nSPS) is 11.1. The molecule has 16 heavy (non-hydrogen) atoms. The Labute approximate surface area is 93.7 Å². The molecule has 88 valence electrons. The van der Waals surface area contributed by atoms with Crippen LogP contribution in [0.1, 0.15) is 5.56 Å². The van der Waals surface area contributed by atoms with E-state index in [0.717, 1.165) is 5.56 Å². The summed E-state index contributed by atoms with van der Waals surface area (Å²) in [5.41, 5.74) is 11.2. The van der Waals surface area contributed by atoms with Crippen molar-refractivity contribution >= 4 is 15.9 Å². The Morgan fingerprint density at radius 2 is 1.75 bits per heavy atom. The molecule has 1 aromatic rings. The summed E-state index contributed by atoms with van der Waals surface area (Å²) in [7, 11) is -3.82. The molecule has 0 fully saturated rings. The van der Waals surface area contributed by atoms with E-state index < -0.39 is 15.9 Å². The maximum Gasteiger partial charge on any atom is 0.264 e. The van der Waals surface area contributed by atoms with E-state index in [1.54, 1.807) is 12.1 Å². The number of rotatable bonds is 4. The number of nitrogens with two attached hydrogens (primary N) is 2. The number of benzene rings is 1. The monoisotopic (exact) mass is 243 g/mol. The van der Waals surface area contributed by atoms with Crippen molar-refractivity contribution in [3.05, 3.63) is 29.8 Å². The fourth-order valence-corrected chi connectivity index (χ4v) is 2.05. The van der Waals surface area contributed by atoms with E-state index in [1.807, 2.05) is 4.72 Å². The number of carbonyl (C=O) groups excluding carboxylic acids is 1. The van der Waals surface area contributed by atoms with Gasteiger partial charge in [-0.05, 0) is 17.7 Å². The van der Waals surface area contributed by atoms with Crippen molar-refractivity contribution in [2.45, 2.75) is 11.4 Å². The number of nitrogens with one attached hydrogen (secondary N) is 1. The summed E-state index contributed by atoms with van der Waals surface area (Å²) in [6.45, 7) is -0.0460. The van der Waals surface area contributed by atoms with Gasteiger partial charge in [0.1, 0.15) is 0 Å². The molecule has 0 aromatic heterocycles. The number of hydrogen-bond acceptors (Lipinski definition) is 5. The van der Waals surface area contributed by atoms with Gasteiger partial charge in [-0.15, -0.1) is 0 Å². The molecule has 0 saturated heterocycles. The van der Waals surface area contributed by atoms with Crippen molar-refractivity contribution < 1.29 is 13.2 Å². The number of carbonyl (C=O) groups is 1. The Bertz CT molecular complexity index is 467. The summed E-state index contributed by atoms with van der Waals surface area (Å²) in [4.78, 5) is 10.9. The van der Waals surface area contributed by atoms with Crippen LogP contribution in [0.3, 0.4) is 0 Å². The molecule has 0 saturated carbocycles. The number of hydrogen-bond donors (Lipinski definition) is 3. The van der Waals surface area contributed by atoms with E-state index in [-0.39, 0.29) is 11.4 Å². The van der Waals surface area contributed by atoms with Crippen LogP contribution >= 0.6 is 0 Å². The lowest BCUT2D eigenvalue weighted by Gasteiger charge is -2.06. The Hall–Kier alpha value is -1.44. The van der Waals surface area contributed by atoms with Crippen molar-refractivity contribution in [1.29, 1.82) is 0 Å². The third-order valence-corrected chi connectivity index (χ3v) is 3.29. The molecule has 1 amide bonds. The van der Waals surface area contributed by atoms with Crippen LogP contribution < -0.4 is 16.2 Å². The molecule has 5 N–H and O–H groups in total. The van der Waals surface area contributed by atoms with Crippen LogP contribution in [0.4, 0.5) is 0 Å². The van der Waals surface area contributed by atoms with Crippen molar-refractivity contribution in [3.63, 3.8) is 0 Å². The van der Waals surface area contributed by atoms with Crippen LogP contribution in [-0.4, -0.2) is 20.9 Å². The number of amides is 1. The van der Waals surface area contributed by atoms with Crippen LogP contribution in [0.15, 0.2) is 29.2 Å². The molecule has 0 spiro atoms. The third-order valence-electron chi connectivity index (χ3n) is 1.90. The van der Waals surface area contributed by atoms with E-state index in [1.165, 1.54) is 12.1 Å². The van der Waals surface area contributed by atoms with E-state index >= 15 is 0 Å². The second kappa shape index (κ2) is 5.06. The van der Waals surface area contributed by atoms with Crippen molar-refractivity contribution in [2.75, 3.05) is 6.54 Å². The zero-order chi connectivity index (χ0) is 12.2. The quantitative estimate of drug-likeness (QED) is 0.621. The molecular formula is C9H13N3O3S. The summed E-state index contributed by atoms with van der Waals surface area (Å²) >= 11 is 0. The van der Waals surface area contributed by atoms with Gasteiger partial charge in [0.2, 0.25) is 5.91 Å². The molecule has 0 aliphatic rings. The predicted molar refractivity (Wildman–Crippen MR) is 58.7 cm³/mol.